The standard InChI is InChI=1S/C39H32ClNO/c1-39(2,3)38(42)41-32-25-30(40)24-31-33(26-16-8-4-9-17-26)34(27-18-10-5-11-19-27)35(28-20-12-6-13-21-28)36(37(31)32)29-22-14-7-15-23-29/h4-25H,1-3H3,(H,41,42). The fourth-order valence-electron chi connectivity index (χ4n) is 5.58. The molecule has 2 nitrogen and oxygen atoms in total. The number of nitrogens with one attached hydrogen (secondary N) is 1. The summed E-state index contributed by atoms with van der Waals surface area (Å²) in [7, 11) is 0. The van der Waals surface area contributed by atoms with Crippen LogP contribution in [0.4, 0.5) is 5.69 Å². The summed E-state index contributed by atoms with van der Waals surface area (Å²) in [5, 5.41) is 5.77. The van der Waals surface area contributed by atoms with Crippen molar-refractivity contribution in [1.82, 2.24) is 0 Å². The zero-order valence-corrected chi connectivity index (χ0v) is 24.7. The fourth-order valence-corrected chi connectivity index (χ4v) is 5.79. The number of anilines is 1. The molecule has 1 N–H and O–H groups in total. The molecule has 6 aromatic rings. The Kier molecular flexibility index (Phi) is 7.41. The summed E-state index contributed by atoms with van der Waals surface area (Å²) in [6.45, 7) is 5.77. The summed E-state index contributed by atoms with van der Waals surface area (Å²) >= 11 is 6.88. The number of carbonyl (C=O) groups excluding carboxylic acids is 1. The van der Waals surface area contributed by atoms with Gasteiger partial charge in [-0.15, -0.1) is 0 Å². The number of benzene rings is 6. The molecule has 0 heterocycles. The summed E-state index contributed by atoms with van der Waals surface area (Å²) in [6.07, 6.45) is 0. The molecular formula is C39H32ClNO. The molecule has 3 heteroatoms. The molecule has 0 saturated heterocycles. The molecule has 0 fully saturated rings. The number of rotatable bonds is 5. The van der Waals surface area contributed by atoms with Gasteiger partial charge in [0.05, 0.1) is 5.69 Å². The van der Waals surface area contributed by atoms with E-state index in [4.69, 9.17) is 11.6 Å². The van der Waals surface area contributed by atoms with Gasteiger partial charge in [-0.2, -0.15) is 0 Å². The topological polar surface area (TPSA) is 29.1 Å². The summed E-state index contributed by atoms with van der Waals surface area (Å²) in [5.41, 5.74) is 8.80. The second-order valence-electron chi connectivity index (χ2n) is 11.5. The molecular weight excluding hydrogens is 534 g/mol. The van der Waals surface area contributed by atoms with E-state index in [9.17, 15) is 4.79 Å². The molecule has 6 aromatic carbocycles. The Morgan fingerprint density at radius 3 is 1.36 bits per heavy atom. The van der Waals surface area contributed by atoms with Gasteiger partial charge < -0.3 is 5.32 Å². The van der Waals surface area contributed by atoms with E-state index in [1.807, 2.05) is 57.2 Å². The van der Waals surface area contributed by atoms with E-state index in [1.165, 1.54) is 0 Å². The molecule has 1 amide bonds. The molecule has 0 unspecified atom stereocenters. The average Bonchev–Trinajstić information content (AvgIpc) is 3.01. The third kappa shape index (κ3) is 5.22. The first-order valence-corrected chi connectivity index (χ1v) is 14.6. The van der Waals surface area contributed by atoms with Crippen LogP contribution in [0, 0.1) is 5.41 Å². The fraction of sp³-hybridized carbons (Fsp3) is 0.103. The Balaban J connectivity index is 1.91. The van der Waals surface area contributed by atoms with Crippen LogP contribution in [0.3, 0.4) is 0 Å². The lowest BCUT2D eigenvalue weighted by Crippen LogP contribution is -2.27. The van der Waals surface area contributed by atoms with Gasteiger partial charge in [-0.25, -0.2) is 0 Å². The smallest absolute Gasteiger partial charge is 0.229 e. The van der Waals surface area contributed by atoms with E-state index in [1.54, 1.807) is 0 Å². The number of hydrogen-bond acceptors (Lipinski definition) is 1. The van der Waals surface area contributed by atoms with Crippen molar-refractivity contribution in [2.75, 3.05) is 5.32 Å². The molecule has 0 aliphatic carbocycles. The van der Waals surface area contributed by atoms with Gasteiger partial charge in [0.25, 0.3) is 0 Å². The van der Waals surface area contributed by atoms with Crippen molar-refractivity contribution in [1.29, 1.82) is 0 Å². The van der Waals surface area contributed by atoms with Crippen LogP contribution < -0.4 is 5.32 Å². The highest BCUT2D eigenvalue weighted by atomic mass is 35.5. The third-order valence-corrected chi connectivity index (χ3v) is 7.77. The number of fused-ring (bicyclic) bond motifs is 1. The van der Waals surface area contributed by atoms with Gasteiger partial charge in [0, 0.05) is 21.4 Å². The lowest BCUT2D eigenvalue weighted by atomic mass is 9.78. The molecule has 42 heavy (non-hydrogen) atoms. The maximum atomic E-state index is 13.5. The van der Waals surface area contributed by atoms with Crippen molar-refractivity contribution in [2.24, 2.45) is 5.41 Å². The number of amides is 1. The first kappa shape index (κ1) is 27.5. The van der Waals surface area contributed by atoms with Gasteiger partial charge in [0.15, 0.2) is 0 Å². The highest BCUT2D eigenvalue weighted by Gasteiger charge is 2.28. The number of halogens is 1. The van der Waals surface area contributed by atoms with E-state index in [-0.39, 0.29) is 5.91 Å². The Hall–Kier alpha value is -4.66. The van der Waals surface area contributed by atoms with Crippen molar-refractivity contribution in [3.63, 3.8) is 0 Å². The molecule has 0 aliphatic rings. The first-order chi connectivity index (χ1) is 20.3. The van der Waals surface area contributed by atoms with Crippen LogP contribution in [0.25, 0.3) is 55.3 Å². The van der Waals surface area contributed by atoms with Gasteiger partial charge in [-0.1, -0.05) is 154 Å². The molecule has 0 atom stereocenters. The third-order valence-electron chi connectivity index (χ3n) is 7.55. The summed E-state index contributed by atoms with van der Waals surface area (Å²) in [5.74, 6) is -0.0697. The highest BCUT2D eigenvalue weighted by Crippen LogP contribution is 2.53. The highest BCUT2D eigenvalue weighted by molar-refractivity contribution is 6.34. The minimum atomic E-state index is -0.587. The van der Waals surface area contributed by atoms with Crippen LogP contribution in [0.1, 0.15) is 20.8 Å². The van der Waals surface area contributed by atoms with Crippen molar-refractivity contribution < 1.29 is 4.79 Å². The zero-order chi connectivity index (χ0) is 29.3. The Bertz CT molecular complexity index is 1870. The van der Waals surface area contributed by atoms with E-state index < -0.39 is 5.41 Å². The Morgan fingerprint density at radius 1 is 0.548 bits per heavy atom. The predicted octanol–water partition coefficient (Wildman–Crippen LogP) is 11.1. The maximum absolute atomic E-state index is 13.5. The van der Waals surface area contributed by atoms with Crippen LogP contribution in [-0.2, 0) is 4.79 Å². The normalized spacial score (nSPS) is 11.4. The zero-order valence-electron chi connectivity index (χ0n) is 24.0. The summed E-state index contributed by atoms with van der Waals surface area (Å²) < 4.78 is 0. The molecule has 0 saturated carbocycles. The average molecular weight is 566 g/mol. The van der Waals surface area contributed by atoms with Gasteiger partial charge in [0.1, 0.15) is 0 Å². The molecule has 0 bridgehead atoms. The van der Waals surface area contributed by atoms with Crippen LogP contribution >= 0.6 is 11.6 Å². The second-order valence-corrected chi connectivity index (χ2v) is 12.0. The van der Waals surface area contributed by atoms with Crippen molar-refractivity contribution >= 4 is 34.0 Å². The van der Waals surface area contributed by atoms with Crippen LogP contribution in [0.5, 0.6) is 0 Å². The molecule has 0 spiro atoms. The van der Waals surface area contributed by atoms with Gasteiger partial charge in [-0.3, -0.25) is 4.79 Å². The molecule has 0 aliphatic heterocycles. The molecule has 6 rings (SSSR count). The van der Waals surface area contributed by atoms with E-state index >= 15 is 0 Å². The summed E-state index contributed by atoms with van der Waals surface area (Å²) in [6, 6.07) is 45.9. The number of hydrogen-bond donors (Lipinski definition) is 1. The largest absolute Gasteiger partial charge is 0.325 e. The van der Waals surface area contributed by atoms with E-state index in [2.05, 4.69) is 102 Å². The second kappa shape index (κ2) is 11.3. The predicted molar refractivity (Wildman–Crippen MR) is 179 cm³/mol. The van der Waals surface area contributed by atoms with Gasteiger partial charge >= 0.3 is 0 Å². The lowest BCUT2D eigenvalue weighted by Gasteiger charge is -2.26. The van der Waals surface area contributed by atoms with Crippen molar-refractivity contribution in [3.8, 4) is 44.5 Å². The Labute approximate surface area is 252 Å². The molecule has 206 valence electrons. The first-order valence-electron chi connectivity index (χ1n) is 14.2. The van der Waals surface area contributed by atoms with E-state index in [0.717, 1.165) is 55.3 Å². The van der Waals surface area contributed by atoms with Crippen LogP contribution in [0.2, 0.25) is 5.02 Å². The molecule has 0 aromatic heterocycles. The Morgan fingerprint density at radius 2 is 0.929 bits per heavy atom. The summed E-state index contributed by atoms with van der Waals surface area (Å²) in [4.78, 5) is 13.5. The SMILES string of the molecule is CC(C)(C)C(=O)Nc1cc(Cl)cc2c(-c3ccccc3)c(-c3ccccc3)c(-c3ccccc3)c(-c3ccccc3)c12. The van der Waals surface area contributed by atoms with Gasteiger partial charge in [0.2, 0.25) is 5.91 Å². The van der Waals surface area contributed by atoms with Crippen molar-refractivity contribution in [2.45, 2.75) is 20.8 Å². The number of carbonyl (C=O) groups is 1. The van der Waals surface area contributed by atoms with Crippen LogP contribution in [-0.4, -0.2) is 5.91 Å². The molecule has 0 radical (unpaired) electrons. The van der Waals surface area contributed by atoms with E-state index in [0.29, 0.717) is 10.7 Å². The van der Waals surface area contributed by atoms with Gasteiger partial charge in [-0.05, 0) is 56.5 Å². The minimum Gasteiger partial charge on any atom is -0.325 e. The maximum Gasteiger partial charge on any atom is 0.229 e. The van der Waals surface area contributed by atoms with Crippen molar-refractivity contribution in [3.05, 3.63) is 138 Å². The minimum absolute atomic E-state index is 0.0697. The quantitative estimate of drug-likeness (QED) is 0.221. The lowest BCUT2D eigenvalue weighted by molar-refractivity contribution is -0.123. The monoisotopic (exact) mass is 565 g/mol. The van der Waals surface area contributed by atoms with Crippen LogP contribution in [0.15, 0.2) is 133 Å².